The monoisotopic (exact) mass is 347 g/mol. The van der Waals surface area contributed by atoms with Gasteiger partial charge in [0.1, 0.15) is 5.75 Å². The van der Waals surface area contributed by atoms with Gasteiger partial charge in [-0.05, 0) is 47.5 Å². The third-order valence-corrected chi connectivity index (χ3v) is 3.90. The summed E-state index contributed by atoms with van der Waals surface area (Å²) < 4.78 is 6.17. The minimum absolute atomic E-state index is 0.0453. The van der Waals surface area contributed by atoms with Crippen molar-refractivity contribution >= 4 is 33.4 Å². The van der Waals surface area contributed by atoms with Crippen LogP contribution in [0.3, 0.4) is 0 Å². The number of aliphatic hydroxyl groups is 1. The third-order valence-electron chi connectivity index (χ3n) is 3.05. The molecule has 0 saturated carbocycles. The van der Waals surface area contributed by atoms with Crippen molar-refractivity contribution in [2.75, 3.05) is 19.7 Å². The normalized spacial score (nSPS) is 22.6. The molecular formula is C13H15BrClNO3. The van der Waals surface area contributed by atoms with E-state index in [0.717, 1.165) is 0 Å². The Hall–Kier alpha value is -0.780. The Labute approximate surface area is 125 Å². The Balaban J connectivity index is 1.90. The molecule has 4 nitrogen and oxygen atoms in total. The minimum atomic E-state index is -0.781. The molecule has 1 saturated heterocycles. The van der Waals surface area contributed by atoms with E-state index in [-0.39, 0.29) is 12.5 Å². The molecule has 1 heterocycles. The highest BCUT2D eigenvalue weighted by Crippen LogP contribution is 2.28. The molecule has 2 rings (SSSR count). The number of carbonyl (C=O) groups excluding carboxylic acids is 1. The lowest BCUT2D eigenvalue weighted by atomic mass is 10.1. The SMILES string of the molecule is CC1(O)CCN(C(=O)COc2ccc(Cl)cc2Br)C1. The maximum absolute atomic E-state index is 11.9. The Kier molecular flexibility index (Phi) is 4.38. The molecule has 1 unspecified atom stereocenters. The van der Waals surface area contributed by atoms with Crippen LogP contribution in [0.1, 0.15) is 13.3 Å². The number of β-amino-alcohol motifs (C(OH)–C–C–N with tert-alkyl or cyclic N) is 1. The quantitative estimate of drug-likeness (QED) is 0.913. The molecule has 1 atom stereocenters. The Morgan fingerprint density at radius 3 is 2.95 bits per heavy atom. The van der Waals surface area contributed by atoms with Crippen LogP contribution in [0.25, 0.3) is 0 Å². The van der Waals surface area contributed by atoms with Crippen LogP contribution in [0.2, 0.25) is 5.02 Å². The van der Waals surface area contributed by atoms with Gasteiger partial charge in [-0.25, -0.2) is 0 Å². The number of hydrogen-bond donors (Lipinski definition) is 1. The molecule has 0 aromatic heterocycles. The molecule has 0 bridgehead atoms. The van der Waals surface area contributed by atoms with Crippen LogP contribution < -0.4 is 4.74 Å². The predicted octanol–water partition coefficient (Wildman–Crippen LogP) is 2.46. The number of amides is 1. The van der Waals surface area contributed by atoms with Crippen molar-refractivity contribution in [2.45, 2.75) is 18.9 Å². The largest absolute Gasteiger partial charge is 0.483 e. The van der Waals surface area contributed by atoms with Gasteiger partial charge < -0.3 is 14.7 Å². The fourth-order valence-electron chi connectivity index (χ4n) is 1.98. The highest BCUT2D eigenvalue weighted by molar-refractivity contribution is 9.10. The van der Waals surface area contributed by atoms with Crippen molar-refractivity contribution < 1.29 is 14.6 Å². The van der Waals surface area contributed by atoms with Crippen LogP contribution in [0.5, 0.6) is 5.75 Å². The van der Waals surface area contributed by atoms with E-state index in [4.69, 9.17) is 16.3 Å². The topological polar surface area (TPSA) is 49.8 Å². The number of halogens is 2. The number of nitrogens with zero attached hydrogens (tertiary/aromatic N) is 1. The van der Waals surface area contributed by atoms with E-state index in [2.05, 4.69) is 15.9 Å². The fourth-order valence-corrected chi connectivity index (χ4v) is 2.78. The van der Waals surface area contributed by atoms with Gasteiger partial charge in [-0.2, -0.15) is 0 Å². The van der Waals surface area contributed by atoms with Gasteiger partial charge in [0, 0.05) is 18.1 Å². The van der Waals surface area contributed by atoms with E-state index in [1.807, 2.05) is 0 Å². The van der Waals surface area contributed by atoms with E-state index >= 15 is 0 Å². The maximum Gasteiger partial charge on any atom is 0.260 e. The molecule has 0 aliphatic carbocycles. The lowest BCUT2D eigenvalue weighted by molar-refractivity contribution is -0.133. The lowest BCUT2D eigenvalue weighted by Gasteiger charge is -2.19. The van der Waals surface area contributed by atoms with Gasteiger partial charge >= 0.3 is 0 Å². The number of rotatable bonds is 3. The van der Waals surface area contributed by atoms with E-state index in [9.17, 15) is 9.90 Å². The van der Waals surface area contributed by atoms with E-state index in [1.54, 1.807) is 30.0 Å². The Morgan fingerprint density at radius 2 is 2.37 bits per heavy atom. The van der Waals surface area contributed by atoms with Gasteiger partial charge in [-0.15, -0.1) is 0 Å². The van der Waals surface area contributed by atoms with E-state index in [1.165, 1.54) is 0 Å². The summed E-state index contributed by atoms with van der Waals surface area (Å²) in [5.41, 5.74) is -0.781. The molecule has 1 aliphatic heterocycles. The minimum Gasteiger partial charge on any atom is -0.483 e. The lowest BCUT2D eigenvalue weighted by Crippen LogP contribution is -2.36. The van der Waals surface area contributed by atoms with Crippen LogP contribution >= 0.6 is 27.5 Å². The molecule has 1 aromatic rings. The molecule has 104 valence electrons. The van der Waals surface area contributed by atoms with Crippen LogP contribution in [0, 0.1) is 0 Å². The molecule has 1 fully saturated rings. The van der Waals surface area contributed by atoms with Gasteiger partial charge in [0.2, 0.25) is 0 Å². The summed E-state index contributed by atoms with van der Waals surface area (Å²) in [6.45, 7) is 2.61. The molecule has 1 amide bonds. The second-order valence-electron chi connectivity index (χ2n) is 4.93. The van der Waals surface area contributed by atoms with Crippen molar-refractivity contribution in [3.8, 4) is 5.75 Å². The zero-order valence-electron chi connectivity index (χ0n) is 10.5. The van der Waals surface area contributed by atoms with Gasteiger partial charge in [-0.3, -0.25) is 4.79 Å². The first-order chi connectivity index (χ1) is 8.87. The number of hydrogen-bond acceptors (Lipinski definition) is 3. The first-order valence-corrected chi connectivity index (χ1v) is 7.12. The van der Waals surface area contributed by atoms with Crippen molar-refractivity contribution in [1.82, 2.24) is 4.90 Å². The summed E-state index contributed by atoms with van der Waals surface area (Å²) in [6, 6.07) is 5.12. The summed E-state index contributed by atoms with van der Waals surface area (Å²) in [4.78, 5) is 13.5. The number of likely N-dealkylation sites (tertiary alicyclic amines) is 1. The number of carbonyl (C=O) groups is 1. The molecule has 1 N–H and O–H groups in total. The summed E-state index contributed by atoms with van der Waals surface area (Å²) in [5, 5.41) is 10.4. The Bertz CT molecular complexity index is 493. The first-order valence-electron chi connectivity index (χ1n) is 5.95. The smallest absolute Gasteiger partial charge is 0.260 e. The van der Waals surface area contributed by atoms with Crippen molar-refractivity contribution in [2.24, 2.45) is 0 Å². The summed E-state index contributed by atoms with van der Waals surface area (Å²) >= 11 is 9.15. The molecule has 0 radical (unpaired) electrons. The molecule has 0 spiro atoms. The summed E-state index contributed by atoms with van der Waals surface area (Å²) in [5.74, 6) is 0.448. The van der Waals surface area contributed by atoms with Gasteiger partial charge in [0.25, 0.3) is 5.91 Å². The van der Waals surface area contributed by atoms with Crippen LogP contribution in [-0.2, 0) is 4.79 Å². The van der Waals surface area contributed by atoms with Gasteiger partial charge in [-0.1, -0.05) is 11.6 Å². The number of benzene rings is 1. The second-order valence-corrected chi connectivity index (χ2v) is 6.22. The Morgan fingerprint density at radius 1 is 1.63 bits per heavy atom. The third kappa shape index (κ3) is 3.84. The van der Waals surface area contributed by atoms with E-state index in [0.29, 0.717) is 34.8 Å². The summed E-state index contributed by atoms with van der Waals surface area (Å²) in [7, 11) is 0. The molecular weight excluding hydrogens is 334 g/mol. The highest BCUT2D eigenvalue weighted by atomic mass is 79.9. The van der Waals surface area contributed by atoms with Gasteiger partial charge in [0.15, 0.2) is 6.61 Å². The van der Waals surface area contributed by atoms with Crippen LogP contribution in [0.15, 0.2) is 22.7 Å². The number of ether oxygens (including phenoxy) is 1. The van der Waals surface area contributed by atoms with Gasteiger partial charge in [0.05, 0.1) is 10.1 Å². The summed E-state index contributed by atoms with van der Waals surface area (Å²) in [6.07, 6.45) is 0.601. The predicted molar refractivity (Wildman–Crippen MR) is 76.5 cm³/mol. The second kappa shape index (κ2) is 5.69. The van der Waals surface area contributed by atoms with Crippen LogP contribution in [0.4, 0.5) is 0 Å². The molecule has 1 aromatic carbocycles. The van der Waals surface area contributed by atoms with Crippen LogP contribution in [-0.4, -0.2) is 41.2 Å². The van der Waals surface area contributed by atoms with Crippen molar-refractivity contribution in [1.29, 1.82) is 0 Å². The zero-order chi connectivity index (χ0) is 14.0. The molecule has 6 heteroatoms. The zero-order valence-corrected chi connectivity index (χ0v) is 12.9. The van der Waals surface area contributed by atoms with E-state index < -0.39 is 5.60 Å². The average Bonchev–Trinajstić information content (AvgIpc) is 2.68. The van der Waals surface area contributed by atoms with Crippen molar-refractivity contribution in [3.05, 3.63) is 27.7 Å². The average molecular weight is 349 g/mol. The maximum atomic E-state index is 11.9. The molecule has 19 heavy (non-hydrogen) atoms. The van der Waals surface area contributed by atoms with Crippen molar-refractivity contribution in [3.63, 3.8) is 0 Å². The standard InChI is InChI=1S/C13H15BrClNO3/c1-13(18)4-5-16(8-13)12(17)7-19-11-3-2-9(15)6-10(11)14/h2-3,6,18H,4-5,7-8H2,1H3. The first kappa shape index (κ1) is 14.6. The molecule has 1 aliphatic rings. The fraction of sp³-hybridized carbons (Fsp3) is 0.462. The highest BCUT2D eigenvalue weighted by Gasteiger charge is 2.33.